The van der Waals surface area contributed by atoms with Crippen LogP contribution in [0.3, 0.4) is 0 Å². The van der Waals surface area contributed by atoms with E-state index in [2.05, 4.69) is 14.5 Å². The number of rotatable bonds is 6. The summed E-state index contributed by atoms with van der Waals surface area (Å²) in [6.07, 6.45) is -0.538. The minimum absolute atomic E-state index is 0.240. The number of nitrogens with zero attached hydrogens (tertiary/aromatic N) is 3. The molecule has 4 atom stereocenters. The van der Waals surface area contributed by atoms with Crippen molar-refractivity contribution in [2.75, 3.05) is 11.9 Å². The summed E-state index contributed by atoms with van der Waals surface area (Å²) in [7, 11) is -4.16. The highest BCUT2D eigenvalue weighted by Gasteiger charge is 2.42. The zero-order chi connectivity index (χ0) is 24.9. The molecule has 0 amide bonds. The number of hydrogen-bond acceptors (Lipinski definition) is 8. The average Bonchev–Trinajstić information content (AvgIpc) is 3.34. The average molecular weight is 538 g/mol. The molecule has 1 fully saturated rings. The van der Waals surface area contributed by atoms with Gasteiger partial charge in [-0.15, -0.1) is 0 Å². The maximum atomic E-state index is 11.1. The highest BCUT2D eigenvalue weighted by molar-refractivity contribution is 7.84. The van der Waals surface area contributed by atoms with E-state index < -0.39 is 34.5 Å². The van der Waals surface area contributed by atoms with Gasteiger partial charge in [-0.1, -0.05) is 47.5 Å². The van der Waals surface area contributed by atoms with Crippen LogP contribution in [-0.4, -0.2) is 58.1 Å². The Bertz CT molecular complexity index is 1530. The zero-order valence-corrected chi connectivity index (χ0v) is 20.4. The van der Waals surface area contributed by atoms with Crippen molar-refractivity contribution in [1.82, 2.24) is 14.6 Å². The van der Waals surface area contributed by atoms with E-state index in [1.54, 1.807) is 28.9 Å². The molecule has 10 nitrogen and oxygen atoms in total. The largest absolute Gasteiger partial charge is 0.390 e. The third kappa shape index (κ3) is 4.68. The van der Waals surface area contributed by atoms with Crippen LogP contribution in [-0.2, 0) is 14.5 Å². The highest BCUT2D eigenvalue weighted by atomic mass is 35.5. The molecule has 13 heteroatoms. The van der Waals surface area contributed by atoms with Crippen LogP contribution in [0.5, 0.6) is 0 Å². The minimum atomic E-state index is -4.16. The van der Waals surface area contributed by atoms with Gasteiger partial charge in [0.05, 0.1) is 29.5 Å². The summed E-state index contributed by atoms with van der Waals surface area (Å²) >= 11 is 12.9. The minimum Gasteiger partial charge on any atom is -0.390 e. The number of hydrogen-bond donors (Lipinski definition) is 4. The molecule has 1 aliphatic carbocycles. The van der Waals surface area contributed by atoms with Crippen molar-refractivity contribution >= 4 is 55.7 Å². The summed E-state index contributed by atoms with van der Waals surface area (Å²) in [5, 5.41) is 36.3. The van der Waals surface area contributed by atoms with E-state index >= 15 is 0 Å². The molecule has 1 aliphatic rings. The third-order valence-electron chi connectivity index (χ3n) is 6.14. The molecule has 5 N–H and O–H groups in total. The van der Waals surface area contributed by atoms with Gasteiger partial charge in [0.1, 0.15) is 11.9 Å². The SMILES string of the molecule is NS(=O)(=O)OC[C@H]1CC(Nc2ccnc3cc(-c4c(Cl)cc(Cl)c5ccccc45)nn23)[C@H](O)[C@@H]1O. The summed E-state index contributed by atoms with van der Waals surface area (Å²) in [6.45, 7) is -0.338. The second-order valence-electron chi connectivity index (χ2n) is 8.40. The Morgan fingerprint density at radius 2 is 1.86 bits per heavy atom. The number of nitrogens with two attached hydrogens (primary N) is 1. The second-order valence-corrected chi connectivity index (χ2v) is 10.4. The lowest BCUT2D eigenvalue weighted by atomic mass is 10.0. The van der Waals surface area contributed by atoms with Crippen molar-refractivity contribution in [3.63, 3.8) is 0 Å². The number of nitrogens with one attached hydrogen (secondary N) is 1. The van der Waals surface area contributed by atoms with Crippen molar-refractivity contribution in [3.05, 3.63) is 58.7 Å². The predicted octanol–water partition coefficient (Wildman–Crippen LogP) is 2.60. The molecule has 0 spiro atoms. The predicted molar refractivity (Wildman–Crippen MR) is 133 cm³/mol. The number of benzene rings is 2. The fourth-order valence-electron chi connectivity index (χ4n) is 4.49. The van der Waals surface area contributed by atoms with Gasteiger partial charge >= 0.3 is 10.3 Å². The lowest BCUT2D eigenvalue weighted by molar-refractivity contribution is 0.00777. The topological polar surface area (TPSA) is 152 Å². The van der Waals surface area contributed by atoms with Crippen LogP contribution in [0.15, 0.2) is 48.7 Å². The van der Waals surface area contributed by atoms with Gasteiger partial charge in [-0.25, -0.2) is 10.1 Å². The fourth-order valence-corrected chi connectivity index (χ4v) is 5.49. The number of aliphatic hydroxyl groups excluding tert-OH is 2. The number of halogens is 2. The number of anilines is 1. The van der Waals surface area contributed by atoms with Crippen molar-refractivity contribution in [3.8, 4) is 11.3 Å². The lowest BCUT2D eigenvalue weighted by Crippen LogP contribution is -2.36. The molecule has 4 aromatic rings. The van der Waals surface area contributed by atoms with Gasteiger partial charge in [-0.05, 0) is 23.9 Å². The van der Waals surface area contributed by atoms with E-state index in [1.165, 1.54) is 0 Å². The van der Waals surface area contributed by atoms with Crippen LogP contribution in [0.25, 0.3) is 27.7 Å². The molecule has 35 heavy (non-hydrogen) atoms. The maximum Gasteiger partial charge on any atom is 0.333 e. The molecule has 0 radical (unpaired) electrons. The number of aliphatic hydroxyl groups is 2. The number of fused-ring (bicyclic) bond motifs is 2. The molecule has 184 valence electrons. The smallest absolute Gasteiger partial charge is 0.333 e. The van der Waals surface area contributed by atoms with Gasteiger partial charge in [0.2, 0.25) is 0 Å². The third-order valence-corrected chi connectivity index (χ3v) is 7.22. The molecular formula is C22H21Cl2N5O5S. The molecule has 1 unspecified atom stereocenters. The molecule has 5 rings (SSSR count). The highest BCUT2D eigenvalue weighted by Crippen LogP contribution is 2.39. The van der Waals surface area contributed by atoms with E-state index in [-0.39, 0.29) is 13.0 Å². The van der Waals surface area contributed by atoms with Crippen molar-refractivity contribution in [2.24, 2.45) is 11.1 Å². The quantitative estimate of drug-likeness (QED) is 0.292. The van der Waals surface area contributed by atoms with Crippen LogP contribution in [0.4, 0.5) is 5.82 Å². The fraction of sp³-hybridized carbons (Fsp3) is 0.273. The first-order chi connectivity index (χ1) is 16.6. The van der Waals surface area contributed by atoms with Gasteiger partial charge in [0.25, 0.3) is 0 Å². The first-order valence-electron chi connectivity index (χ1n) is 10.6. The molecule has 1 saturated carbocycles. The van der Waals surface area contributed by atoms with E-state index in [1.807, 2.05) is 24.3 Å². The molecule has 0 aliphatic heterocycles. The Balaban J connectivity index is 1.48. The maximum absolute atomic E-state index is 11.1. The van der Waals surface area contributed by atoms with E-state index in [0.717, 1.165) is 10.8 Å². The van der Waals surface area contributed by atoms with Crippen molar-refractivity contribution < 1.29 is 22.8 Å². The van der Waals surface area contributed by atoms with Crippen LogP contribution in [0.2, 0.25) is 10.0 Å². The Hall–Kier alpha value is -2.51. The van der Waals surface area contributed by atoms with E-state index in [4.69, 9.17) is 33.4 Å². The lowest BCUT2D eigenvalue weighted by Gasteiger charge is -2.19. The van der Waals surface area contributed by atoms with Gasteiger partial charge in [0, 0.05) is 34.2 Å². The van der Waals surface area contributed by atoms with Crippen LogP contribution < -0.4 is 10.5 Å². The normalized spacial score (nSPS) is 22.8. The standard InChI is InChI=1S/C22H21Cl2N5O5S/c23-14-8-15(24)20(13-4-2-1-3-12(13)14)16-9-19-26-6-5-18(29(19)28-16)27-17-7-11(21(30)22(17)31)10-34-35(25,32)33/h1-6,8-9,11,17,21-22,27,30-31H,7,10H2,(H2,25,32,33)/t11-,17?,21-,22+/m1/s1. The van der Waals surface area contributed by atoms with Crippen molar-refractivity contribution in [2.45, 2.75) is 24.7 Å². The molecule has 0 bridgehead atoms. The first kappa shape index (κ1) is 24.2. The molecular weight excluding hydrogens is 517 g/mol. The van der Waals surface area contributed by atoms with Crippen LogP contribution in [0.1, 0.15) is 6.42 Å². The monoisotopic (exact) mass is 537 g/mol. The second kappa shape index (κ2) is 9.17. The summed E-state index contributed by atoms with van der Waals surface area (Å²) in [5.41, 5.74) is 1.82. The molecule has 2 aromatic carbocycles. The van der Waals surface area contributed by atoms with Gasteiger partial charge in [0.15, 0.2) is 5.65 Å². The summed E-state index contributed by atoms with van der Waals surface area (Å²) in [5.74, 6) is -0.120. The Morgan fingerprint density at radius 1 is 1.11 bits per heavy atom. The van der Waals surface area contributed by atoms with E-state index in [0.29, 0.717) is 32.8 Å². The molecule has 0 saturated heterocycles. The van der Waals surface area contributed by atoms with Gasteiger partial charge in [-0.2, -0.15) is 18.0 Å². The summed E-state index contributed by atoms with van der Waals surface area (Å²) in [4.78, 5) is 4.37. The van der Waals surface area contributed by atoms with Gasteiger partial charge < -0.3 is 15.5 Å². The van der Waals surface area contributed by atoms with Crippen molar-refractivity contribution in [1.29, 1.82) is 0 Å². The Labute approximate surface area is 210 Å². The summed E-state index contributed by atoms with van der Waals surface area (Å²) in [6, 6.07) is 12.1. The number of aromatic nitrogens is 3. The molecule has 2 heterocycles. The van der Waals surface area contributed by atoms with Crippen LogP contribution in [0, 0.1) is 5.92 Å². The van der Waals surface area contributed by atoms with E-state index in [9.17, 15) is 18.6 Å². The van der Waals surface area contributed by atoms with Crippen LogP contribution >= 0.6 is 23.2 Å². The van der Waals surface area contributed by atoms with Gasteiger partial charge in [-0.3, -0.25) is 4.18 Å². The summed E-state index contributed by atoms with van der Waals surface area (Å²) < 4.78 is 28.4. The zero-order valence-electron chi connectivity index (χ0n) is 18.0. The molecule has 2 aromatic heterocycles. The Morgan fingerprint density at radius 3 is 2.60 bits per heavy atom. The Kier molecular flexibility index (Phi) is 6.34. The first-order valence-corrected chi connectivity index (χ1v) is 12.9.